The molecule has 0 bridgehead atoms. The first-order chi connectivity index (χ1) is 14.7. The molecule has 0 amide bonds. The molecule has 5 rings (SSSR count). The summed E-state index contributed by atoms with van der Waals surface area (Å²) in [6.45, 7) is 0. The normalized spacial score (nSPS) is 11.1. The largest absolute Gasteiger partial charge is 0.497 e. The van der Waals surface area contributed by atoms with Crippen LogP contribution in [0.1, 0.15) is 0 Å². The number of ether oxygens (including phenoxy) is 1. The van der Waals surface area contributed by atoms with Gasteiger partial charge in [-0.15, -0.1) is 0 Å². The van der Waals surface area contributed by atoms with Crippen LogP contribution in [0, 0.1) is 0 Å². The molecule has 5 heteroatoms. The average Bonchev–Trinajstić information content (AvgIpc) is 3.17. The summed E-state index contributed by atoms with van der Waals surface area (Å²) < 4.78 is 13.3. The fraction of sp³-hybridized carbons (Fsp3) is 0.0800. The summed E-state index contributed by atoms with van der Waals surface area (Å²) in [7, 11) is 3.42. The number of aromatic nitrogens is 1. The third kappa shape index (κ3) is 2.83. The number of furan rings is 1. The summed E-state index contributed by atoms with van der Waals surface area (Å²) in [6, 6.07) is 25.2. The number of hydrogen-bond acceptors (Lipinski definition) is 4. The molecule has 30 heavy (non-hydrogen) atoms. The summed E-state index contributed by atoms with van der Waals surface area (Å²) in [6.07, 6.45) is 0. The van der Waals surface area contributed by atoms with Crippen LogP contribution in [0.3, 0.4) is 0 Å². The molecule has 0 fully saturated rings. The van der Waals surface area contributed by atoms with Crippen molar-refractivity contribution in [3.63, 3.8) is 0 Å². The molecule has 3 aromatic carbocycles. The number of rotatable bonds is 4. The molecular weight excluding hydrogens is 376 g/mol. The molecule has 0 aliphatic heterocycles. The van der Waals surface area contributed by atoms with E-state index in [0.29, 0.717) is 16.9 Å². The maximum Gasteiger partial charge on any atom is 0.262 e. The van der Waals surface area contributed by atoms with Gasteiger partial charge < -0.3 is 19.0 Å². The number of aryl methyl sites for hydroxylation is 1. The fourth-order valence-electron chi connectivity index (χ4n) is 3.83. The second kappa shape index (κ2) is 7.12. The molecule has 2 heterocycles. The average molecular weight is 396 g/mol. The van der Waals surface area contributed by atoms with Crippen LogP contribution in [0.25, 0.3) is 33.0 Å². The van der Waals surface area contributed by atoms with Gasteiger partial charge in [0.25, 0.3) is 5.56 Å². The first-order valence-corrected chi connectivity index (χ1v) is 9.68. The monoisotopic (exact) mass is 396 g/mol. The van der Waals surface area contributed by atoms with E-state index in [2.05, 4.69) is 5.32 Å². The number of anilines is 2. The SMILES string of the molecule is COc1ccc(-c2c(Nc3ccccc3)oc3c2c(=O)n(C)c2ccccc32)cc1. The van der Waals surface area contributed by atoms with Crippen LogP contribution in [0.5, 0.6) is 5.75 Å². The summed E-state index contributed by atoms with van der Waals surface area (Å²) in [4.78, 5) is 13.4. The van der Waals surface area contributed by atoms with Crippen molar-refractivity contribution in [2.75, 3.05) is 12.4 Å². The molecule has 5 nitrogen and oxygen atoms in total. The molecule has 0 saturated carbocycles. The van der Waals surface area contributed by atoms with E-state index in [4.69, 9.17) is 9.15 Å². The Balaban J connectivity index is 1.86. The Morgan fingerprint density at radius 2 is 1.60 bits per heavy atom. The van der Waals surface area contributed by atoms with E-state index < -0.39 is 0 Å². The minimum absolute atomic E-state index is 0.0978. The van der Waals surface area contributed by atoms with Gasteiger partial charge in [0.15, 0.2) is 5.58 Å². The molecule has 0 radical (unpaired) electrons. The molecule has 0 spiro atoms. The van der Waals surface area contributed by atoms with Gasteiger partial charge in [0.2, 0.25) is 5.88 Å². The zero-order valence-corrected chi connectivity index (χ0v) is 16.7. The van der Waals surface area contributed by atoms with Gasteiger partial charge in [0.1, 0.15) is 5.75 Å². The summed E-state index contributed by atoms with van der Waals surface area (Å²) in [5.74, 6) is 1.29. The Morgan fingerprint density at radius 1 is 0.900 bits per heavy atom. The highest BCUT2D eigenvalue weighted by atomic mass is 16.5. The van der Waals surface area contributed by atoms with Crippen molar-refractivity contribution < 1.29 is 9.15 Å². The molecule has 0 aliphatic carbocycles. The zero-order chi connectivity index (χ0) is 20.7. The van der Waals surface area contributed by atoms with Gasteiger partial charge in [0, 0.05) is 18.1 Å². The highest BCUT2D eigenvalue weighted by molar-refractivity contribution is 6.11. The molecule has 0 unspecified atom stereocenters. The molecule has 1 N–H and O–H groups in total. The minimum atomic E-state index is -0.0978. The molecular formula is C25H20N2O3. The standard InChI is InChI=1S/C25H20N2O3/c1-27-20-11-7-6-10-19(20)23-22(25(27)28)21(16-12-14-18(29-2)15-13-16)24(30-23)26-17-8-4-3-5-9-17/h3-15,26H,1-2H3. The van der Waals surface area contributed by atoms with Crippen LogP contribution in [0.4, 0.5) is 11.6 Å². The Bertz CT molecular complexity index is 1410. The van der Waals surface area contributed by atoms with Gasteiger partial charge in [-0.3, -0.25) is 4.79 Å². The summed E-state index contributed by atoms with van der Waals surface area (Å²) in [5, 5.41) is 4.80. The Hall–Kier alpha value is -3.99. The van der Waals surface area contributed by atoms with E-state index in [9.17, 15) is 4.79 Å². The van der Waals surface area contributed by atoms with E-state index in [0.717, 1.165) is 33.5 Å². The van der Waals surface area contributed by atoms with Gasteiger partial charge in [-0.2, -0.15) is 0 Å². The number of para-hydroxylation sites is 2. The molecule has 5 aromatic rings. The maximum absolute atomic E-state index is 13.4. The predicted molar refractivity (Wildman–Crippen MR) is 121 cm³/mol. The molecule has 148 valence electrons. The molecule has 2 aromatic heterocycles. The number of hydrogen-bond donors (Lipinski definition) is 1. The van der Waals surface area contributed by atoms with E-state index in [1.54, 1.807) is 18.7 Å². The van der Waals surface area contributed by atoms with E-state index in [1.807, 2.05) is 78.9 Å². The van der Waals surface area contributed by atoms with Crippen molar-refractivity contribution in [1.82, 2.24) is 4.57 Å². The maximum atomic E-state index is 13.4. The number of fused-ring (bicyclic) bond motifs is 3. The Labute approximate surface area is 173 Å². The molecule has 0 aliphatic rings. The fourth-order valence-corrected chi connectivity index (χ4v) is 3.83. The van der Waals surface area contributed by atoms with Gasteiger partial charge in [-0.25, -0.2) is 0 Å². The van der Waals surface area contributed by atoms with E-state index in [1.165, 1.54) is 0 Å². The van der Waals surface area contributed by atoms with Crippen molar-refractivity contribution in [1.29, 1.82) is 0 Å². The van der Waals surface area contributed by atoms with Crippen molar-refractivity contribution in [3.05, 3.63) is 89.2 Å². The quantitative estimate of drug-likeness (QED) is 0.423. The van der Waals surface area contributed by atoms with Crippen LogP contribution < -0.4 is 15.6 Å². The van der Waals surface area contributed by atoms with Crippen LogP contribution in [0.2, 0.25) is 0 Å². The third-order valence-electron chi connectivity index (χ3n) is 5.35. The molecule has 0 saturated heterocycles. The Morgan fingerprint density at radius 3 is 2.33 bits per heavy atom. The highest BCUT2D eigenvalue weighted by Crippen LogP contribution is 2.41. The lowest BCUT2D eigenvalue weighted by Gasteiger charge is -2.08. The zero-order valence-electron chi connectivity index (χ0n) is 16.7. The van der Waals surface area contributed by atoms with Gasteiger partial charge in [-0.1, -0.05) is 42.5 Å². The second-order valence-electron chi connectivity index (χ2n) is 7.11. The van der Waals surface area contributed by atoms with Crippen LogP contribution >= 0.6 is 0 Å². The van der Waals surface area contributed by atoms with E-state index >= 15 is 0 Å². The summed E-state index contributed by atoms with van der Waals surface area (Å²) in [5.41, 5.74) is 3.81. The minimum Gasteiger partial charge on any atom is -0.497 e. The van der Waals surface area contributed by atoms with Crippen LogP contribution in [0.15, 0.2) is 88.1 Å². The lowest BCUT2D eigenvalue weighted by atomic mass is 10.0. The second-order valence-corrected chi connectivity index (χ2v) is 7.11. The van der Waals surface area contributed by atoms with Crippen molar-refractivity contribution in [2.24, 2.45) is 7.05 Å². The summed E-state index contributed by atoms with van der Waals surface area (Å²) >= 11 is 0. The van der Waals surface area contributed by atoms with Crippen molar-refractivity contribution in [2.45, 2.75) is 0 Å². The topological polar surface area (TPSA) is 56.4 Å². The molecule has 0 atom stereocenters. The predicted octanol–water partition coefficient (Wildman–Crippen LogP) is 5.70. The number of nitrogens with one attached hydrogen (secondary N) is 1. The number of pyridine rings is 1. The number of benzene rings is 3. The lowest BCUT2D eigenvalue weighted by Crippen LogP contribution is -2.17. The van der Waals surface area contributed by atoms with Crippen LogP contribution in [-0.4, -0.2) is 11.7 Å². The first-order valence-electron chi connectivity index (χ1n) is 9.68. The third-order valence-corrected chi connectivity index (χ3v) is 5.35. The number of methoxy groups -OCH3 is 1. The Kier molecular flexibility index (Phi) is 4.29. The van der Waals surface area contributed by atoms with Crippen molar-refractivity contribution >= 4 is 33.4 Å². The van der Waals surface area contributed by atoms with E-state index in [-0.39, 0.29) is 5.56 Å². The van der Waals surface area contributed by atoms with Gasteiger partial charge in [0.05, 0.1) is 23.6 Å². The first kappa shape index (κ1) is 18.1. The van der Waals surface area contributed by atoms with Gasteiger partial charge in [-0.05, 0) is 42.0 Å². The lowest BCUT2D eigenvalue weighted by molar-refractivity contribution is 0.415. The van der Waals surface area contributed by atoms with Gasteiger partial charge >= 0.3 is 0 Å². The van der Waals surface area contributed by atoms with Crippen LogP contribution in [-0.2, 0) is 7.05 Å². The smallest absolute Gasteiger partial charge is 0.262 e. The highest BCUT2D eigenvalue weighted by Gasteiger charge is 2.22. The van der Waals surface area contributed by atoms with Crippen molar-refractivity contribution in [3.8, 4) is 16.9 Å². The number of nitrogens with zero attached hydrogens (tertiary/aromatic N) is 1.